The molecule has 0 unspecified atom stereocenters. The molecule has 0 radical (unpaired) electrons. The van der Waals surface area contributed by atoms with Crippen LogP contribution in [0.3, 0.4) is 0 Å². The van der Waals surface area contributed by atoms with Gasteiger partial charge in [-0.25, -0.2) is 0 Å². The summed E-state index contributed by atoms with van der Waals surface area (Å²) in [6.45, 7) is 4.85. The summed E-state index contributed by atoms with van der Waals surface area (Å²) in [5, 5.41) is 9.73. The normalized spacial score (nSPS) is 10.7. The van der Waals surface area contributed by atoms with Crippen LogP contribution >= 0.6 is 11.3 Å². The van der Waals surface area contributed by atoms with Crippen molar-refractivity contribution in [1.29, 1.82) is 0 Å². The number of thiophene rings is 1. The van der Waals surface area contributed by atoms with E-state index in [1.807, 2.05) is 10.9 Å². The van der Waals surface area contributed by atoms with E-state index in [1.54, 1.807) is 11.3 Å². The molecule has 0 bridgehead atoms. The minimum atomic E-state index is 0.887. The molecular weight excluding hydrogens is 206 g/mol. The van der Waals surface area contributed by atoms with Crippen LogP contribution in [-0.4, -0.2) is 9.78 Å². The van der Waals surface area contributed by atoms with Gasteiger partial charge in [0.1, 0.15) is 0 Å². The molecule has 3 nitrogen and oxygen atoms in total. The molecule has 0 atom stereocenters. The van der Waals surface area contributed by atoms with Gasteiger partial charge in [-0.3, -0.25) is 4.68 Å². The number of aromatic nitrogens is 2. The van der Waals surface area contributed by atoms with E-state index < -0.39 is 0 Å². The topological polar surface area (TPSA) is 29.9 Å². The molecule has 80 valence electrons. The highest BCUT2D eigenvalue weighted by molar-refractivity contribution is 7.09. The molecule has 0 amide bonds. The quantitative estimate of drug-likeness (QED) is 0.839. The molecule has 15 heavy (non-hydrogen) atoms. The first-order valence-corrected chi connectivity index (χ1v) is 6.01. The third-order valence-electron chi connectivity index (χ3n) is 2.22. The van der Waals surface area contributed by atoms with Crippen molar-refractivity contribution >= 4 is 11.3 Å². The standard InChI is InChI=1S/C11H15N3S/c1-2-14-9-10(7-13-14)6-12-8-11-4-3-5-15-11/h3-5,7,9,12H,2,6,8H2,1H3. The number of hydrogen-bond acceptors (Lipinski definition) is 3. The molecule has 0 saturated heterocycles. The maximum Gasteiger partial charge on any atom is 0.0534 e. The predicted octanol–water partition coefficient (Wildman–Crippen LogP) is 2.25. The van der Waals surface area contributed by atoms with Gasteiger partial charge in [-0.15, -0.1) is 11.3 Å². The second-order valence-corrected chi connectivity index (χ2v) is 4.42. The fourth-order valence-corrected chi connectivity index (χ4v) is 2.09. The average molecular weight is 221 g/mol. The number of rotatable bonds is 5. The second-order valence-electron chi connectivity index (χ2n) is 3.39. The van der Waals surface area contributed by atoms with Crippen LogP contribution in [0, 0.1) is 0 Å². The fraction of sp³-hybridized carbons (Fsp3) is 0.364. The Balaban J connectivity index is 1.78. The summed E-state index contributed by atoms with van der Waals surface area (Å²) in [6.07, 6.45) is 4.01. The Morgan fingerprint density at radius 3 is 3.07 bits per heavy atom. The highest BCUT2D eigenvalue weighted by Crippen LogP contribution is 2.07. The summed E-state index contributed by atoms with van der Waals surface area (Å²) in [5.74, 6) is 0. The Hall–Kier alpha value is -1.13. The molecule has 2 aromatic rings. The zero-order chi connectivity index (χ0) is 10.5. The Morgan fingerprint density at radius 2 is 2.40 bits per heavy atom. The Labute approximate surface area is 93.7 Å². The van der Waals surface area contributed by atoms with E-state index in [0.717, 1.165) is 19.6 Å². The molecule has 0 aliphatic carbocycles. The first-order chi connectivity index (χ1) is 7.38. The molecule has 4 heteroatoms. The van der Waals surface area contributed by atoms with Crippen LogP contribution in [0.25, 0.3) is 0 Å². The molecule has 0 aromatic carbocycles. The zero-order valence-electron chi connectivity index (χ0n) is 8.81. The highest BCUT2D eigenvalue weighted by atomic mass is 32.1. The molecule has 2 heterocycles. The summed E-state index contributed by atoms with van der Waals surface area (Å²) in [4.78, 5) is 1.37. The average Bonchev–Trinajstić information content (AvgIpc) is 2.88. The number of hydrogen-bond donors (Lipinski definition) is 1. The van der Waals surface area contributed by atoms with Crippen molar-refractivity contribution in [2.75, 3.05) is 0 Å². The lowest BCUT2D eigenvalue weighted by Crippen LogP contribution is -2.11. The van der Waals surface area contributed by atoms with E-state index in [9.17, 15) is 0 Å². The van der Waals surface area contributed by atoms with Gasteiger partial charge < -0.3 is 5.32 Å². The van der Waals surface area contributed by atoms with E-state index in [2.05, 4.69) is 41.0 Å². The van der Waals surface area contributed by atoms with Crippen LogP contribution in [0.1, 0.15) is 17.4 Å². The highest BCUT2D eigenvalue weighted by Gasteiger charge is 1.97. The third-order valence-corrected chi connectivity index (χ3v) is 3.10. The van der Waals surface area contributed by atoms with Crippen LogP contribution < -0.4 is 5.32 Å². The Bertz CT molecular complexity index is 392. The lowest BCUT2D eigenvalue weighted by atomic mass is 10.3. The van der Waals surface area contributed by atoms with Gasteiger partial charge in [0.25, 0.3) is 0 Å². The van der Waals surface area contributed by atoms with Gasteiger partial charge in [0.2, 0.25) is 0 Å². The number of nitrogens with zero attached hydrogens (tertiary/aromatic N) is 2. The molecule has 2 aromatic heterocycles. The van der Waals surface area contributed by atoms with Crippen molar-refractivity contribution in [3.8, 4) is 0 Å². The number of aryl methyl sites for hydroxylation is 1. The van der Waals surface area contributed by atoms with Crippen molar-refractivity contribution in [2.24, 2.45) is 0 Å². The van der Waals surface area contributed by atoms with Crippen LogP contribution in [0.4, 0.5) is 0 Å². The van der Waals surface area contributed by atoms with Gasteiger partial charge in [-0.05, 0) is 18.4 Å². The molecule has 0 aliphatic rings. The molecule has 0 saturated carbocycles. The van der Waals surface area contributed by atoms with E-state index >= 15 is 0 Å². The molecule has 2 rings (SSSR count). The third kappa shape index (κ3) is 2.91. The maximum atomic E-state index is 4.23. The lowest BCUT2D eigenvalue weighted by molar-refractivity contribution is 0.656. The largest absolute Gasteiger partial charge is 0.308 e. The summed E-state index contributed by atoms with van der Waals surface area (Å²) in [7, 11) is 0. The van der Waals surface area contributed by atoms with E-state index in [0.29, 0.717) is 0 Å². The van der Waals surface area contributed by atoms with Crippen molar-refractivity contribution < 1.29 is 0 Å². The summed E-state index contributed by atoms with van der Waals surface area (Å²) >= 11 is 1.78. The van der Waals surface area contributed by atoms with E-state index in [4.69, 9.17) is 0 Å². The molecule has 0 spiro atoms. The predicted molar refractivity (Wildman–Crippen MR) is 62.8 cm³/mol. The fourth-order valence-electron chi connectivity index (χ4n) is 1.41. The minimum Gasteiger partial charge on any atom is -0.308 e. The maximum absolute atomic E-state index is 4.23. The number of nitrogens with one attached hydrogen (secondary N) is 1. The van der Waals surface area contributed by atoms with Crippen LogP contribution in [0.2, 0.25) is 0 Å². The van der Waals surface area contributed by atoms with Crippen LogP contribution in [-0.2, 0) is 19.6 Å². The summed E-state index contributed by atoms with van der Waals surface area (Å²) in [6, 6.07) is 4.23. The second kappa shape index (κ2) is 5.09. The first kappa shape index (κ1) is 10.4. The molecule has 0 fully saturated rings. The monoisotopic (exact) mass is 221 g/mol. The van der Waals surface area contributed by atoms with E-state index in [1.165, 1.54) is 10.4 Å². The minimum absolute atomic E-state index is 0.887. The summed E-state index contributed by atoms with van der Waals surface area (Å²) < 4.78 is 1.95. The Kier molecular flexibility index (Phi) is 3.53. The lowest BCUT2D eigenvalue weighted by Gasteiger charge is -1.99. The van der Waals surface area contributed by atoms with Gasteiger partial charge in [0.15, 0.2) is 0 Å². The van der Waals surface area contributed by atoms with Crippen molar-refractivity contribution in [1.82, 2.24) is 15.1 Å². The smallest absolute Gasteiger partial charge is 0.0534 e. The van der Waals surface area contributed by atoms with Crippen LogP contribution in [0.15, 0.2) is 29.9 Å². The van der Waals surface area contributed by atoms with E-state index in [-0.39, 0.29) is 0 Å². The molecule has 0 aliphatic heterocycles. The van der Waals surface area contributed by atoms with Gasteiger partial charge in [-0.2, -0.15) is 5.10 Å². The van der Waals surface area contributed by atoms with Gasteiger partial charge in [0.05, 0.1) is 6.20 Å². The van der Waals surface area contributed by atoms with Gasteiger partial charge in [0, 0.05) is 36.3 Å². The van der Waals surface area contributed by atoms with Gasteiger partial charge in [-0.1, -0.05) is 6.07 Å². The molecular formula is C11H15N3S. The summed E-state index contributed by atoms with van der Waals surface area (Å²) in [5.41, 5.74) is 1.24. The van der Waals surface area contributed by atoms with Crippen molar-refractivity contribution in [3.05, 3.63) is 40.3 Å². The van der Waals surface area contributed by atoms with Crippen molar-refractivity contribution in [2.45, 2.75) is 26.6 Å². The van der Waals surface area contributed by atoms with Crippen LogP contribution in [0.5, 0.6) is 0 Å². The zero-order valence-corrected chi connectivity index (χ0v) is 9.63. The molecule has 1 N–H and O–H groups in total. The Morgan fingerprint density at radius 1 is 1.47 bits per heavy atom. The first-order valence-electron chi connectivity index (χ1n) is 5.13. The van der Waals surface area contributed by atoms with Gasteiger partial charge >= 0.3 is 0 Å². The SMILES string of the molecule is CCn1cc(CNCc2cccs2)cn1. The van der Waals surface area contributed by atoms with Crippen molar-refractivity contribution in [3.63, 3.8) is 0 Å².